The van der Waals surface area contributed by atoms with Crippen LogP contribution < -0.4 is 5.32 Å². The van der Waals surface area contributed by atoms with Gasteiger partial charge in [-0.15, -0.1) is 0 Å². The molecule has 104 valence electrons. The Balaban J connectivity index is 1.64. The van der Waals surface area contributed by atoms with Gasteiger partial charge in [-0.05, 0) is 49.1 Å². The van der Waals surface area contributed by atoms with Crippen LogP contribution in [0.5, 0.6) is 0 Å². The molecular formula is C16H17ClN2O. The molecule has 0 fully saturated rings. The van der Waals surface area contributed by atoms with Crippen LogP contribution in [0.4, 0.5) is 0 Å². The van der Waals surface area contributed by atoms with Crippen LogP contribution >= 0.6 is 11.6 Å². The van der Waals surface area contributed by atoms with E-state index in [4.69, 9.17) is 11.6 Å². The quantitative estimate of drug-likeness (QED) is 0.827. The van der Waals surface area contributed by atoms with Gasteiger partial charge in [0.25, 0.3) is 5.91 Å². The van der Waals surface area contributed by atoms with E-state index in [-0.39, 0.29) is 5.91 Å². The van der Waals surface area contributed by atoms with Gasteiger partial charge < -0.3 is 5.32 Å². The lowest BCUT2D eigenvalue weighted by molar-refractivity contribution is 0.0952. The molecule has 3 nitrogen and oxygen atoms in total. The van der Waals surface area contributed by atoms with Crippen LogP contribution in [0.1, 0.15) is 28.8 Å². The molecule has 20 heavy (non-hydrogen) atoms. The number of aromatic nitrogens is 1. The van der Waals surface area contributed by atoms with Gasteiger partial charge in [0.05, 0.1) is 5.56 Å². The van der Waals surface area contributed by atoms with Crippen molar-refractivity contribution in [2.75, 3.05) is 6.54 Å². The van der Waals surface area contributed by atoms with Crippen LogP contribution in [0, 0.1) is 0 Å². The Morgan fingerprint density at radius 1 is 1.15 bits per heavy atom. The van der Waals surface area contributed by atoms with Crippen LogP contribution in [0.2, 0.25) is 5.02 Å². The van der Waals surface area contributed by atoms with Gasteiger partial charge in [-0.2, -0.15) is 0 Å². The Morgan fingerprint density at radius 2 is 1.95 bits per heavy atom. The number of carbonyl (C=O) groups is 1. The molecule has 0 aliphatic carbocycles. The highest BCUT2D eigenvalue weighted by Crippen LogP contribution is 2.11. The van der Waals surface area contributed by atoms with Gasteiger partial charge in [0.2, 0.25) is 0 Å². The fraction of sp³-hybridized carbons (Fsp3) is 0.250. The number of nitrogens with one attached hydrogen (secondary N) is 1. The molecule has 1 aromatic carbocycles. The fourth-order valence-corrected chi connectivity index (χ4v) is 2.03. The Labute approximate surface area is 124 Å². The lowest BCUT2D eigenvalue weighted by Crippen LogP contribution is -2.24. The largest absolute Gasteiger partial charge is 0.352 e. The van der Waals surface area contributed by atoms with Crippen molar-refractivity contribution >= 4 is 17.5 Å². The minimum absolute atomic E-state index is 0.0652. The summed E-state index contributed by atoms with van der Waals surface area (Å²) in [6.45, 7) is 0.682. The van der Waals surface area contributed by atoms with Crippen molar-refractivity contribution in [3.63, 3.8) is 0 Å². The normalized spacial score (nSPS) is 10.2. The van der Waals surface area contributed by atoms with E-state index < -0.39 is 0 Å². The van der Waals surface area contributed by atoms with E-state index in [0.29, 0.717) is 12.1 Å². The van der Waals surface area contributed by atoms with Crippen molar-refractivity contribution in [2.24, 2.45) is 0 Å². The number of hydrogen-bond donors (Lipinski definition) is 1. The average Bonchev–Trinajstić information content (AvgIpc) is 2.49. The van der Waals surface area contributed by atoms with Crippen molar-refractivity contribution in [3.8, 4) is 0 Å². The lowest BCUT2D eigenvalue weighted by Gasteiger charge is -2.05. The number of rotatable bonds is 6. The fourth-order valence-electron chi connectivity index (χ4n) is 1.91. The molecule has 0 spiro atoms. The third-order valence-corrected chi connectivity index (χ3v) is 3.27. The second-order valence-corrected chi connectivity index (χ2v) is 5.02. The number of carbonyl (C=O) groups excluding carboxylic acids is 1. The van der Waals surface area contributed by atoms with Crippen LogP contribution in [0.3, 0.4) is 0 Å². The SMILES string of the molecule is O=C(NCCCCc1ccc(Cl)cc1)c1cccnc1. The van der Waals surface area contributed by atoms with Gasteiger partial charge in [-0.1, -0.05) is 23.7 Å². The molecule has 2 rings (SSSR count). The first-order valence-corrected chi connectivity index (χ1v) is 7.06. The molecule has 1 heterocycles. The second-order valence-electron chi connectivity index (χ2n) is 4.58. The van der Waals surface area contributed by atoms with Crippen LogP contribution in [-0.4, -0.2) is 17.4 Å². The first-order chi connectivity index (χ1) is 9.75. The average molecular weight is 289 g/mol. The minimum Gasteiger partial charge on any atom is -0.352 e. The summed E-state index contributed by atoms with van der Waals surface area (Å²) in [7, 11) is 0. The number of benzene rings is 1. The van der Waals surface area contributed by atoms with E-state index in [2.05, 4.69) is 10.3 Å². The predicted molar refractivity (Wildman–Crippen MR) is 81.0 cm³/mol. The van der Waals surface area contributed by atoms with Crippen molar-refractivity contribution in [3.05, 3.63) is 64.9 Å². The molecule has 0 aliphatic heterocycles. The molecule has 1 amide bonds. The molecule has 4 heteroatoms. The van der Waals surface area contributed by atoms with Crippen LogP contribution in [0.15, 0.2) is 48.8 Å². The van der Waals surface area contributed by atoms with Crippen molar-refractivity contribution in [2.45, 2.75) is 19.3 Å². The number of nitrogens with zero attached hydrogens (tertiary/aromatic N) is 1. The zero-order valence-corrected chi connectivity index (χ0v) is 11.9. The number of pyridine rings is 1. The van der Waals surface area contributed by atoms with Gasteiger partial charge in [0, 0.05) is 24.0 Å². The standard InChI is InChI=1S/C16H17ClN2O/c17-15-8-6-13(7-9-15)4-1-2-11-19-16(20)14-5-3-10-18-12-14/h3,5-10,12H,1-2,4,11H2,(H,19,20). The van der Waals surface area contributed by atoms with Gasteiger partial charge in [-0.3, -0.25) is 9.78 Å². The van der Waals surface area contributed by atoms with Gasteiger partial charge in [0.15, 0.2) is 0 Å². The highest BCUT2D eigenvalue weighted by atomic mass is 35.5. The number of unbranched alkanes of at least 4 members (excludes halogenated alkanes) is 1. The van der Waals surface area contributed by atoms with Crippen LogP contribution in [0.25, 0.3) is 0 Å². The molecule has 0 unspecified atom stereocenters. The van der Waals surface area contributed by atoms with E-state index in [1.165, 1.54) is 5.56 Å². The summed E-state index contributed by atoms with van der Waals surface area (Å²) in [5.74, 6) is -0.0652. The Bertz CT molecular complexity index is 540. The summed E-state index contributed by atoms with van der Waals surface area (Å²) in [5, 5.41) is 3.66. The topological polar surface area (TPSA) is 42.0 Å². The van der Waals surface area contributed by atoms with E-state index in [0.717, 1.165) is 24.3 Å². The number of amides is 1. The number of hydrogen-bond acceptors (Lipinski definition) is 2. The van der Waals surface area contributed by atoms with Gasteiger partial charge in [-0.25, -0.2) is 0 Å². The Morgan fingerprint density at radius 3 is 2.65 bits per heavy atom. The first-order valence-electron chi connectivity index (χ1n) is 6.68. The first kappa shape index (κ1) is 14.5. The second kappa shape index (κ2) is 7.65. The third-order valence-electron chi connectivity index (χ3n) is 3.01. The van der Waals surface area contributed by atoms with Gasteiger partial charge in [0.1, 0.15) is 0 Å². The molecular weight excluding hydrogens is 272 g/mol. The molecule has 0 radical (unpaired) electrons. The number of halogens is 1. The molecule has 0 atom stereocenters. The molecule has 2 aromatic rings. The van der Waals surface area contributed by atoms with Crippen molar-refractivity contribution in [1.82, 2.24) is 10.3 Å². The molecule has 0 aliphatic rings. The van der Waals surface area contributed by atoms with Crippen molar-refractivity contribution in [1.29, 1.82) is 0 Å². The predicted octanol–water partition coefficient (Wildman–Crippen LogP) is 3.49. The highest BCUT2D eigenvalue weighted by molar-refractivity contribution is 6.30. The number of aryl methyl sites for hydroxylation is 1. The monoisotopic (exact) mass is 288 g/mol. The molecule has 0 saturated carbocycles. The summed E-state index contributed by atoms with van der Waals surface area (Å²) < 4.78 is 0. The molecule has 1 aromatic heterocycles. The van der Waals surface area contributed by atoms with Crippen molar-refractivity contribution < 1.29 is 4.79 Å². The summed E-state index contributed by atoms with van der Waals surface area (Å²) in [6, 6.07) is 11.4. The zero-order chi connectivity index (χ0) is 14.2. The molecule has 1 N–H and O–H groups in total. The maximum absolute atomic E-state index is 11.7. The van der Waals surface area contributed by atoms with Gasteiger partial charge >= 0.3 is 0 Å². The molecule has 0 saturated heterocycles. The van der Waals surface area contributed by atoms with E-state index >= 15 is 0 Å². The Kier molecular flexibility index (Phi) is 5.56. The van der Waals surface area contributed by atoms with E-state index in [1.54, 1.807) is 24.5 Å². The zero-order valence-electron chi connectivity index (χ0n) is 11.2. The van der Waals surface area contributed by atoms with Crippen LogP contribution in [-0.2, 0) is 6.42 Å². The summed E-state index contributed by atoms with van der Waals surface area (Å²) in [6.07, 6.45) is 6.22. The summed E-state index contributed by atoms with van der Waals surface area (Å²) in [4.78, 5) is 15.7. The van der Waals surface area contributed by atoms with E-state index in [9.17, 15) is 4.79 Å². The maximum atomic E-state index is 11.7. The summed E-state index contributed by atoms with van der Waals surface area (Å²) >= 11 is 5.84. The lowest BCUT2D eigenvalue weighted by atomic mass is 10.1. The highest BCUT2D eigenvalue weighted by Gasteiger charge is 2.03. The summed E-state index contributed by atoms with van der Waals surface area (Å²) in [5.41, 5.74) is 1.87. The maximum Gasteiger partial charge on any atom is 0.252 e. The minimum atomic E-state index is -0.0652. The Hall–Kier alpha value is -1.87. The van der Waals surface area contributed by atoms with E-state index in [1.807, 2.05) is 24.3 Å². The smallest absolute Gasteiger partial charge is 0.252 e. The third kappa shape index (κ3) is 4.67. The molecule has 0 bridgehead atoms.